The zero-order chi connectivity index (χ0) is 26.4. The summed E-state index contributed by atoms with van der Waals surface area (Å²) >= 11 is 1.27. The Hall–Kier alpha value is -3.40. The van der Waals surface area contributed by atoms with Crippen LogP contribution in [0.2, 0.25) is 0 Å². The first kappa shape index (κ1) is 27.2. The van der Waals surface area contributed by atoms with Crippen molar-refractivity contribution in [1.29, 1.82) is 0 Å². The largest absolute Gasteiger partial charge is 0.482 e. The molecule has 1 N–H and O–H groups in total. The average Bonchev–Trinajstić information content (AvgIpc) is 3.20. The van der Waals surface area contributed by atoms with E-state index in [1.165, 1.54) is 17.8 Å². The number of anilines is 1. The first-order chi connectivity index (χ1) is 17.1. The lowest BCUT2D eigenvalue weighted by molar-refractivity contribution is -0.385. The van der Waals surface area contributed by atoms with Crippen LogP contribution in [0.5, 0.6) is 5.75 Å². The summed E-state index contributed by atoms with van der Waals surface area (Å²) in [6.45, 7) is 12.7. The van der Waals surface area contributed by atoms with Crippen LogP contribution < -0.4 is 10.1 Å². The van der Waals surface area contributed by atoms with Gasteiger partial charge in [0.1, 0.15) is 5.75 Å². The number of thioether (sulfide) groups is 1. The number of carbonyl (C=O) groups excluding carboxylic acids is 1. The van der Waals surface area contributed by atoms with Crippen molar-refractivity contribution in [3.8, 4) is 5.75 Å². The molecule has 192 valence electrons. The van der Waals surface area contributed by atoms with E-state index >= 15 is 0 Å². The maximum absolute atomic E-state index is 12.6. The lowest BCUT2D eigenvalue weighted by atomic mass is 10.0. The number of aryl methyl sites for hydroxylation is 1. The number of nitro benzene ring substituents is 1. The van der Waals surface area contributed by atoms with Gasteiger partial charge >= 0.3 is 0 Å². The van der Waals surface area contributed by atoms with Gasteiger partial charge in [-0.3, -0.25) is 14.9 Å². The molecule has 1 unspecified atom stereocenters. The minimum atomic E-state index is -0.460. The molecule has 1 amide bonds. The Morgan fingerprint density at radius 3 is 2.53 bits per heavy atom. The summed E-state index contributed by atoms with van der Waals surface area (Å²) in [6.07, 6.45) is -0.340. The molecule has 0 fully saturated rings. The number of nitro groups is 1. The fourth-order valence-electron chi connectivity index (χ4n) is 3.76. The molecule has 0 saturated heterocycles. The Bertz CT molecular complexity index is 1220. The molecule has 0 aliphatic heterocycles. The maximum Gasteiger partial charge on any atom is 0.274 e. The van der Waals surface area contributed by atoms with Gasteiger partial charge < -0.3 is 14.6 Å². The SMILES string of the molecule is Cc1ccc(NC(=O)CSc2nnc(C(C)Oc3ccccc3C(C)C)n2CC(C)C)cc1[N+](=O)[O-]. The predicted octanol–water partition coefficient (Wildman–Crippen LogP) is 6.14. The molecule has 0 bridgehead atoms. The molecule has 3 rings (SSSR count). The van der Waals surface area contributed by atoms with Crippen molar-refractivity contribution in [3.05, 3.63) is 69.5 Å². The number of amides is 1. The molecule has 1 heterocycles. The smallest absolute Gasteiger partial charge is 0.274 e. The van der Waals surface area contributed by atoms with Gasteiger partial charge in [0.05, 0.1) is 10.7 Å². The third-order valence-corrected chi connectivity index (χ3v) is 6.49. The van der Waals surface area contributed by atoms with Crippen LogP contribution in [0.3, 0.4) is 0 Å². The van der Waals surface area contributed by atoms with E-state index in [9.17, 15) is 14.9 Å². The Kier molecular flexibility index (Phi) is 9.08. The minimum Gasteiger partial charge on any atom is -0.482 e. The molecule has 0 aliphatic carbocycles. The van der Waals surface area contributed by atoms with Crippen molar-refractivity contribution in [1.82, 2.24) is 14.8 Å². The first-order valence-corrected chi connectivity index (χ1v) is 12.9. The second kappa shape index (κ2) is 12.0. The van der Waals surface area contributed by atoms with Gasteiger partial charge in [0.15, 0.2) is 17.1 Å². The lowest BCUT2D eigenvalue weighted by Crippen LogP contribution is -2.17. The van der Waals surface area contributed by atoms with Crippen LogP contribution in [0.1, 0.15) is 63.6 Å². The van der Waals surface area contributed by atoms with Gasteiger partial charge in [-0.1, -0.05) is 63.7 Å². The van der Waals surface area contributed by atoms with E-state index in [4.69, 9.17) is 4.74 Å². The van der Waals surface area contributed by atoms with Crippen LogP contribution in [0.25, 0.3) is 0 Å². The number of hydrogen-bond donors (Lipinski definition) is 1. The number of nitrogens with zero attached hydrogens (tertiary/aromatic N) is 4. The Balaban J connectivity index is 1.73. The van der Waals surface area contributed by atoms with Crippen molar-refractivity contribution < 1.29 is 14.5 Å². The van der Waals surface area contributed by atoms with Crippen molar-refractivity contribution >= 4 is 29.0 Å². The summed E-state index contributed by atoms with van der Waals surface area (Å²) in [4.78, 5) is 23.3. The maximum atomic E-state index is 12.6. The number of hydrogen-bond acceptors (Lipinski definition) is 7. The molecule has 0 saturated carbocycles. The van der Waals surface area contributed by atoms with Gasteiger partial charge in [-0.2, -0.15) is 0 Å². The molecular weight excluding hydrogens is 478 g/mol. The number of rotatable bonds is 11. The molecule has 2 aromatic carbocycles. The normalized spacial score (nSPS) is 12.1. The van der Waals surface area contributed by atoms with Crippen LogP contribution in [0.15, 0.2) is 47.6 Å². The van der Waals surface area contributed by atoms with Crippen molar-refractivity contribution in [2.75, 3.05) is 11.1 Å². The quantitative estimate of drug-likeness (QED) is 0.187. The van der Waals surface area contributed by atoms with Gasteiger partial charge in [-0.05, 0) is 43.4 Å². The zero-order valence-corrected chi connectivity index (χ0v) is 22.3. The Labute approximate surface area is 215 Å². The summed E-state index contributed by atoms with van der Waals surface area (Å²) in [5, 5.41) is 23.3. The number of aromatic nitrogens is 3. The summed E-state index contributed by atoms with van der Waals surface area (Å²) in [5.74, 6) is 1.97. The number of carbonyl (C=O) groups is 1. The second-order valence-electron chi connectivity index (χ2n) is 9.39. The molecule has 0 radical (unpaired) electrons. The van der Waals surface area contributed by atoms with Crippen molar-refractivity contribution in [2.24, 2.45) is 5.92 Å². The standard InChI is InChI=1S/C26H33N5O4S/c1-16(2)14-30-25(19(6)35-23-10-8-7-9-21(23)17(3)4)28-29-26(30)36-15-24(32)27-20-12-11-18(5)22(13-20)31(33)34/h7-13,16-17,19H,14-15H2,1-6H3,(H,27,32). The van der Waals surface area contributed by atoms with Crippen LogP contribution in [0, 0.1) is 23.0 Å². The van der Waals surface area contributed by atoms with Crippen LogP contribution in [0.4, 0.5) is 11.4 Å². The lowest BCUT2D eigenvalue weighted by Gasteiger charge is -2.20. The number of benzene rings is 2. The molecule has 36 heavy (non-hydrogen) atoms. The van der Waals surface area contributed by atoms with Gasteiger partial charge in [-0.25, -0.2) is 0 Å². The number of nitrogens with one attached hydrogen (secondary N) is 1. The molecule has 3 aromatic rings. The summed E-state index contributed by atoms with van der Waals surface area (Å²) in [6, 6.07) is 12.6. The molecule has 1 atom stereocenters. The second-order valence-corrected chi connectivity index (χ2v) is 10.3. The average molecular weight is 512 g/mol. The third-order valence-electron chi connectivity index (χ3n) is 5.52. The van der Waals surface area contributed by atoms with Gasteiger partial charge in [0.2, 0.25) is 5.91 Å². The number of para-hydroxylation sites is 1. The Morgan fingerprint density at radius 1 is 1.14 bits per heavy atom. The third kappa shape index (κ3) is 6.84. The van der Waals surface area contributed by atoms with E-state index in [0.717, 1.165) is 11.3 Å². The monoisotopic (exact) mass is 511 g/mol. The van der Waals surface area contributed by atoms with E-state index in [-0.39, 0.29) is 23.5 Å². The first-order valence-electron chi connectivity index (χ1n) is 11.9. The topological polar surface area (TPSA) is 112 Å². The zero-order valence-electron chi connectivity index (χ0n) is 21.5. The van der Waals surface area contributed by atoms with Gasteiger partial charge in [-0.15, -0.1) is 10.2 Å². The molecule has 9 nitrogen and oxygen atoms in total. The summed E-state index contributed by atoms with van der Waals surface area (Å²) < 4.78 is 8.31. The van der Waals surface area contributed by atoms with E-state index in [2.05, 4.69) is 49.3 Å². The highest BCUT2D eigenvalue weighted by Crippen LogP contribution is 2.31. The van der Waals surface area contributed by atoms with Gasteiger partial charge in [0, 0.05) is 23.9 Å². The van der Waals surface area contributed by atoms with E-state index in [1.54, 1.807) is 19.1 Å². The van der Waals surface area contributed by atoms with E-state index in [0.29, 0.717) is 40.6 Å². The van der Waals surface area contributed by atoms with Gasteiger partial charge in [0.25, 0.3) is 5.69 Å². The number of ether oxygens (including phenoxy) is 1. The minimum absolute atomic E-state index is 0.0326. The highest BCUT2D eigenvalue weighted by atomic mass is 32.2. The molecule has 10 heteroatoms. The summed E-state index contributed by atoms with van der Waals surface area (Å²) in [7, 11) is 0. The fraction of sp³-hybridized carbons (Fsp3) is 0.423. The van der Waals surface area contributed by atoms with Crippen molar-refractivity contribution in [2.45, 2.75) is 65.3 Å². The highest BCUT2D eigenvalue weighted by Gasteiger charge is 2.22. The molecule has 0 aliphatic rings. The van der Waals surface area contributed by atoms with E-state index in [1.807, 2.05) is 29.7 Å². The predicted molar refractivity (Wildman–Crippen MR) is 142 cm³/mol. The molecule has 0 spiro atoms. The Morgan fingerprint density at radius 2 is 1.86 bits per heavy atom. The molecule has 1 aromatic heterocycles. The highest BCUT2D eigenvalue weighted by molar-refractivity contribution is 7.99. The fourth-order valence-corrected chi connectivity index (χ4v) is 4.52. The summed E-state index contributed by atoms with van der Waals surface area (Å²) in [5.41, 5.74) is 2.01. The molecular formula is C26H33N5O4S. The van der Waals surface area contributed by atoms with E-state index < -0.39 is 4.92 Å². The van der Waals surface area contributed by atoms with Crippen LogP contribution in [-0.2, 0) is 11.3 Å². The van der Waals surface area contributed by atoms with Crippen LogP contribution in [-0.4, -0.2) is 31.3 Å². The van der Waals surface area contributed by atoms with Crippen LogP contribution >= 0.6 is 11.8 Å². The van der Waals surface area contributed by atoms with Crippen molar-refractivity contribution in [3.63, 3.8) is 0 Å².